The third kappa shape index (κ3) is 3.89. The number of benzene rings is 2. The van der Waals surface area contributed by atoms with E-state index in [1.54, 1.807) is 36.4 Å². The summed E-state index contributed by atoms with van der Waals surface area (Å²) in [7, 11) is -2.09. The topological polar surface area (TPSA) is 58.2 Å². The normalized spacial score (nSPS) is 11.4. The average Bonchev–Trinajstić information content (AvgIpc) is 2.47. The van der Waals surface area contributed by atoms with Gasteiger partial charge in [0, 0.05) is 27.8 Å². The highest BCUT2D eigenvalue weighted by molar-refractivity contribution is 7.89. The number of hydrogen-bond donors (Lipinski definition) is 2. The third-order valence-corrected chi connectivity index (χ3v) is 5.06. The van der Waals surface area contributed by atoms with E-state index >= 15 is 0 Å². The van der Waals surface area contributed by atoms with Crippen molar-refractivity contribution in [1.82, 2.24) is 4.72 Å². The monoisotopic (exact) mass is 344 g/mol. The molecule has 0 spiro atoms. The van der Waals surface area contributed by atoms with E-state index in [2.05, 4.69) is 10.0 Å². The standard InChI is InChI=1S/C14H14Cl2N2O2S/c1-17-21(19,20)11-5-2-4-10(8-11)18-9-12-13(15)6-3-7-14(12)16/h2-8,17-18H,9H2,1H3. The molecular weight excluding hydrogens is 331 g/mol. The van der Waals surface area contributed by atoms with Crippen LogP contribution in [-0.2, 0) is 16.6 Å². The van der Waals surface area contributed by atoms with Gasteiger partial charge in [0.05, 0.1) is 4.90 Å². The highest BCUT2D eigenvalue weighted by Gasteiger charge is 2.11. The maximum absolute atomic E-state index is 11.8. The van der Waals surface area contributed by atoms with Crippen molar-refractivity contribution >= 4 is 38.9 Å². The Morgan fingerprint density at radius 3 is 2.29 bits per heavy atom. The fourth-order valence-electron chi connectivity index (χ4n) is 1.78. The molecule has 0 saturated carbocycles. The van der Waals surface area contributed by atoms with Gasteiger partial charge in [-0.2, -0.15) is 0 Å². The number of sulfonamides is 1. The van der Waals surface area contributed by atoms with Gasteiger partial charge < -0.3 is 5.32 Å². The Kier molecular flexibility index (Phi) is 5.11. The lowest BCUT2D eigenvalue weighted by molar-refractivity contribution is 0.588. The van der Waals surface area contributed by atoms with Crippen LogP contribution in [0.4, 0.5) is 5.69 Å². The summed E-state index contributed by atoms with van der Waals surface area (Å²) in [5, 5.41) is 4.25. The fourth-order valence-corrected chi connectivity index (χ4v) is 3.09. The van der Waals surface area contributed by atoms with Crippen molar-refractivity contribution in [3.05, 3.63) is 58.1 Å². The van der Waals surface area contributed by atoms with Crippen LogP contribution in [-0.4, -0.2) is 15.5 Å². The number of anilines is 1. The van der Waals surface area contributed by atoms with Gasteiger partial charge in [0.2, 0.25) is 10.0 Å². The van der Waals surface area contributed by atoms with Crippen molar-refractivity contribution in [2.75, 3.05) is 12.4 Å². The molecule has 0 bridgehead atoms. The molecule has 0 atom stereocenters. The molecule has 0 fully saturated rings. The predicted molar refractivity (Wildman–Crippen MR) is 86.5 cm³/mol. The maximum atomic E-state index is 11.8. The van der Waals surface area contributed by atoms with Crippen LogP contribution < -0.4 is 10.0 Å². The van der Waals surface area contributed by atoms with E-state index in [-0.39, 0.29) is 4.90 Å². The summed E-state index contributed by atoms with van der Waals surface area (Å²) in [6.07, 6.45) is 0. The van der Waals surface area contributed by atoms with E-state index in [9.17, 15) is 8.42 Å². The zero-order valence-electron chi connectivity index (χ0n) is 11.2. The molecule has 0 aromatic heterocycles. The molecule has 0 heterocycles. The van der Waals surface area contributed by atoms with E-state index < -0.39 is 10.0 Å². The zero-order chi connectivity index (χ0) is 15.5. The van der Waals surface area contributed by atoms with Crippen LogP contribution in [0, 0.1) is 0 Å². The van der Waals surface area contributed by atoms with E-state index in [0.717, 1.165) is 5.56 Å². The van der Waals surface area contributed by atoms with Crippen LogP contribution in [0.15, 0.2) is 47.4 Å². The first kappa shape index (κ1) is 16.1. The van der Waals surface area contributed by atoms with Gasteiger partial charge in [0.1, 0.15) is 0 Å². The molecule has 2 aromatic rings. The molecule has 7 heteroatoms. The molecule has 112 valence electrons. The Labute approximate surface area is 134 Å². The Morgan fingerprint density at radius 2 is 1.67 bits per heavy atom. The maximum Gasteiger partial charge on any atom is 0.240 e. The molecule has 21 heavy (non-hydrogen) atoms. The highest BCUT2D eigenvalue weighted by atomic mass is 35.5. The Balaban J connectivity index is 2.20. The van der Waals surface area contributed by atoms with Gasteiger partial charge >= 0.3 is 0 Å². The van der Waals surface area contributed by atoms with Crippen LogP contribution >= 0.6 is 23.2 Å². The van der Waals surface area contributed by atoms with Crippen molar-refractivity contribution in [2.24, 2.45) is 0 Å². The lowest BCUT2D eigenvalue weighted by Gasteiger charge is -2.11. The quantitative estimate of drug-likeness (QED) is 0.872. The summed E-state index contributed by atoms with van der Waals surface area (Å²) < 4.78 is 25.8. The molecule has 2 rings (SSSR count). The summed E-state index contributed by atoms with van der Waals surface area (Å²) in [5.74, 6) is 0. The Bertz CT molecular complexity index is 728. The van der Waals surface area contributed by atoms with Gasteiger partial charge in [-0.25, -0.2) is 13.1 Å². The first-order valence-electron chi connectivity index (χ1n) is 6.14. The van der Waals surface area contributed by atoms with Gasteiger partial charge in [-0.15, -0.1) is 0 Å². The van der Waals surface area contributed by atoms with Crippen molar-refractivity contribution in [1.29, 1.82) is 0 Å². The molecule has 0 radical (unpaired) electrons. The molecule has 0 unspecified atom stereocenters. The first-order chi connectivity index (χ1) is 9.94. The Morgan fingerprint density at radius 1 is 1.05 bits per heavy atom. The van der Waals surface area contributed by atoms with Crippen LogP contribution in [0.3, 0.4) is 0 Å². The minimum atomic E-state index is -3.46. The molecule has 2 N–H and O–H groups in total. The second kappa shape index (κ2) is 6.66. The highest BCUT2D eigenvalue weighted by Crippen LogP contribution is 2.25. The van der Waals surface area contributed by atoms with Crippen molar-refractivity contribution in [3.8, 4) is 0 Å². The van der Waals surface area contributed by atoms with Crippen LogP contribution in [0.2, 0.25) is 10.0 Å². The smallest absolute Gasteiger partial charge is 0.240 e. The van der Waals surface area contributed by atoms with Crippen LogP contribution in [0.25, 0.3) is 0 Å². The lowest BCUT2D eigenvalue weighted by atomic mass is 10.2. The van der Waals surface area contributed by atoms with Crippen LogP contribution in [0.1, 0.15) is 5.56 Å². The van der Waals surface area contributed by atoms with Gasteiger partial charge in [-0.1, -0.05) is 35.3 Å². The summed E-state index contributed by atoms with van der Waals surface area (Å²) in [6.45, 7) is 0.404. The number of rotatable bonds is 5. The number of nitrogens with one attached hydrogen (secondary N) is 2. The molecule has 0 aliphatic rings. The zero-order valence-corrected chi connectivity index (χ0v) is 13.6. The molecule has 4 nitrogen and oxygen atoms in total. The SMILES string of the molecule is CNS(=O)(=O)c1cccc(NCc2c(Cl)cccc2Cl)c1. The number of hydrogen-bond acceptors (Lipinski definition) is 3. The molecule has 2 aromatic carbocycles. The van der Waals surface area contributed by atoms with E-state index in [1.807, 2.05) is 0 Å². The van der Waals surface area contributed by atoms with Crippen molar-refractivity contribution in [2.45, 2.75) is 11.4 Å². The molecular formula is C14H14Cl2N2O2S. The van der Waals surface area contributed by atoms with Crippen LogP contribution in [0.5, 0.6) is 0 Å². The van der Waals surface area contributed by atoms with E-state index in [0.29, 0.717) is 22.3 Å². The summed E-state index contributed by atoms with van der Waals surface area (Å²) in [5.41, 5.74) is 1.44. The summed E-state index contributed by atoms with van der Waals surface area (Å²) >= 11 is 12.2. The lowest BCUT2D eigenvalue weighted by Crippen LogP contribution is -2.18. The molecule has 0 aliphatic carbocycles. The summed E-state index contributed by atoms with van der Waals surface area (Å²) in [4.78, 5) is 0.195. The average molecular weight is 345 g/mol. The molecule has 0 amide bonds. The largest absolute Gasteiger partial charge is 0.381 e. The summed E-state index contributed by atoms with van der Waals surface area (Å²) in [6, 6.07) is 11.8. The molecule has 0 aliphatic heterocycles. The third-order valence-electron chi connectivity index (χ3n) is 2.94. The minimum Gasteiger partial charge on any atom is -0.381 e. The fraction of sp³-hybridized carbons (Fsp3) is 0.143. The number of halogens is 2. The second-order valence-corrected chi connectivity index (χ2v) is 6.99. The van der Waals surface area contributed by atoms with Gasteiger partial charge in [0.25, 0.3) is 0 Å². The predicted octanol–water partition coefficient (Wildman–Crippen LogP) is 3.51. The van der Waals surface area contributed by atoms with Gasteiger partial charge in [-0.3, -0.25) is 0 Å². The van der Waals surface area contributed by atoms with Crippen molar-refractivity contribution in [3.63, 3.8) is 0 Å². The van der Waals surface area contributed by atoms with Crippen molar-refractivity contribution < 1.29 is 8.42 Å². The Hall–Kier alpha value is -1.27. The second-order valence-electron chi connectivity index (χ2n) is 4.29. The first-order valence-corrected chi connectivity index (χ1v) is 8.38. The van der Waals surface area contributed by atoms with E-state index in [1.165, 1.54) is 13.1 Å². The molecule has 0 saturated heterocycles. The van der Waals surface area contributed by atoms with Gasteiger partial charge in [0.15, 0.2) is 0 Å². The minimum absolute atomic E-state index is 0.195. The van der Waals surface area contributed by atoms with Gasteiger partial charge in [-0.05, 0) is 37.4 Å². The van der Waals surface area contributed by atoms with E-state index in [4.69, 9.17) is 23.2 Å².